The topological polar surface area (TPSA) is 20.2 Å². The second-order valence-electron chi connectivity index (χ2n) is 3.61. The van der Waals surface area contributed by atoms with Crippen molar-refractivity contribution in [2.45, 2.75) is 32.8 Å². The van der Waals surface area contributed by atoms with E-state index in [-0.39, 0.29) is 0 Å². The molecule has 0 spiro atoms. The Balaban J connectivity index is 2.77. The molecule has 68 valence electrons. The van der Waals surface area contributed by atoms with Crippen LogP contribution in [-0.4, -0.2) is 10.7 Å². The lowest BCUT2D eigenvalue weighted by Gasteiger charge is -2.14. The molecule has 0 aromatic carbocycles. The zero-order valence-electron chi connectivity index (χ0n) is 7.52. The third-order valence-electron chi connectivity index (χ3n) is 1.52. The second kappa shape index (κ2) is 3.48. The van der Waals surface area contributed by atoms with E-state index in [1.165, 1.54) is 9.75 Å². The van der Waals surface area contributed by atoms with E-state index in [1.807, 2.05) is 13.8 Å². The SMILES string of the molecule is Cc1sc(CC(C)(C)O)cc1Br. The lowest BCUT2D eigenvalue weighted by molar-refractivity contribution is 0.0818. The Morgan fingerprint density at radius 3 is 2.50 bits per heavy atom. The minimum absolute atomic E-state index is 0.600. The quantitative estimate of drug-likeness (QED) is 0.853. The predicted molar refractivity (Wildman–Crippen MR) is 56.8 cm³/mol. The molecule has 1 heterocycles. The summed E-state index contributed by atoms with van der Waals surface area (Å²) in [7, 11) is 0. The Kier molecular flexibility index (Phi) is 2.97. The van der Waals surface area contributed by atoms with Crippen LogP contribution in [-0.2, 0) is 6.42 Å². The van der Waals surface area contributed by atoms with Crippen molar-refractivity contribution >= 4 is 27.3 Å². The molecule has 12 heavy (non-hydrogen) atoms. The Bertz CT molecular complexity index is 253. The van der Waals surface area contributed by atoms with Gasteiger partial charge in [-0.05, 0) is 42.8 Å². The molecule has 0 atom stereocenters. The van der Waals surface area contributed by atoms with Gasteiger partial charge >= 0.3 is 0 Å². The van der Waals surface area contributed by atoms with Crippen LogP contribution in [0, 0.1) is 6.92 Å². The van der Waals surface area contributed by atoms with Gasteiger partial charge in [0.1, 0.15) is 0 Å². The summed E-state index contributed by atoms with van der Waals surface area (Å²) < 4.78 is 1.15. The molecule has 3 heteroatoms. The predicted octanol–water partition coefficient (Wildman–Crippen LogP) is 3.13. The monoisotopic (exact) mass is 248 g/mol. The molecule has 0 radical (unpaired) electrons. The molecule has 0 aliphatic heterocycles. The second-order valence-corrected chi connectivity index (χ2v) is 5.80. The van der Waals surface area contributed by atoms with E-state index in [1.54, 1.807) is 11.3 Å². The van der Waals surface area contributed by atoms with Crippen molar-refractivity contribution in [3.05, 3.63) is 20.3 Å². The van der Waals surface area contributed by atoms with E-state index in [0.29, 0.717) is 0 Å². The van der Waals surface area contributed by atoms with Gasteiger partial charge in [-0.2, -0.15) is 0 Å². The van der Waals surface area contributed by atoms with Crippen LogP contribution in [0.5, 0.6) is 0 Å². The molecule has 1 N–H and O–H groups in total. The number of halogens is 1. The molecule has 1 rings (SSSR count). The molecule has 0 amide bonds. The lowest BCUT2D eigenvalue weighted by atomic mass is 10.1. The van der Waals surface area contributed by atoms with Crippen molar-refractivity contribution in [2.75, 3.05) is 0 Å². The van der Waals surface area contributed by atoms with Gasteiger partial charge < -0.3 is 5.11 Å². The van der Waals surface area contributed by atoms with Crippen molar-refractivity contribution in [2.24, 2.45) is 0 Å². The summed E-state index contributed by atoms with van der Waals surface area (Å²) >= 11 is 5.19. The Morgan fingerprint density at radius 2 is 2.17 bits per heavy atom. The molecule has 1 aromatic heterocycles. The Morgan fingerprint density at radius 1 is 1.58 bits per heavy atom. The van der Waals surface area contributed by atoms with Gasteiger partial charge in [0.2, 0.25) is 0 Å². The maximum atomic E-state index is 9.56. The van der Waals surface area contributed by atoms with Gasteiger partial charge in [-0.25, -0.2) is 0 Å². The molecule has 0 saturated heterocycles. The van der Waals surface area contributed by atoms with E-state index in [4.69, 9.17) is 0 Å². The van der Waals surface area contributed by atoms with Crippen molar-refractivity contribution in [3.63, 3.8) is 0 Å². The molecule has 0 fully saturated rings. The highest BCUT2D eigenvalue weighted by Crippen LogP contribution is 2.28. The average Bonchev–Trinajstić information content (AvgIpc) is 2.07. The Labute approximate surface area is 85.6 Å². The third-order valence-corrected chi connectivity index (χ3v) is 3.65. The van der Waals surface area contributed by atoms with Crippen molar-refractivity contribution in [3.8, 4) is 0 Å². The number of aryl methyl sites for hydroxylation is 1. The fraction of sp³-hybridized carbons (Fsp3) is 0.556. The van der Waals surface area contributed by atoms with E-state index in [9.17, 15) is 5.11 Å². The normalized spacial score (nSPS) is 12.1. The maximum Gasteiger partial charge on any atom is 0.0639 e. The van der Waals surface area contributed by atoms with Crippen molar-refractivity contribution < 1.29 is 5.11 Å². The van der Waals surface area contributed by atoms with Gasteiger partial charge in [-0.3, -0.25) is 0 Å². The zero-order valence-corrected chi connectivity index (χ0v) is 9.92. The minimum Gasteiger partial charge on any atom is -0.390 e. The molecule has 0 unspecified atom stereocenters. The van der Waals surface area contributed by atoms with Gasteiger partial charge in [-0.15, -0.1) is 11.3 Å². The fourth-order valence-electron chi connectivity index (χ4n) is 1.03. The number of hydrogen-bond acceptors (Lipinski definition) is 2. The summed E-state index contributed by atoms with van der Waals surface area (Å²) in [5.41, 5.74) is -0.600. The summed E-state index contributed by atoms with van der Waals surface area (Å²) in [5, 5.41) is 9.56. The fourth-order valence-corrected chi connectivity index (χ4v) is 2.85. The summed E-state index contributed by atoms with van der Waals surface area (Å²) in [6.45, 7) is 5.73. The van der Waals surface area contributed by atoms with Crippen LogP contribution in [0.25, 0.3) is 0 Å². The number of aliphatic hydroxyl groups is 1. The van der Waals surface area contributed by atoms with Crippen molar-refractivity contribution in [1.29, 1.82) is 0 Å². The Hall–Kier alpha value is 0.140. The van der Waals surface area contributed by atoms with Crippen LogP contribution in [0.2, 0.25) is 0 Å². The smallest absolute Gasteiger partial charge is 0.0639 e. The van der Waals surface area contributed by atoms with Crippen LogP contribution in [0.3, 0.4) is 0 Å². The summed E-state index contributed by atoms with van der Waals surface area (Å²) in [6, 6.07) is 2.08. The number of rotatable bonds is 2. The molecule has 1 aromatic rings. The summed E-state index contributed by atoms with van der Waals surface area (Å²) in [6.07, 6.45) is 0.726. The van der Waals surface area contributed by atoms with E-state index in [2.05, 4.69) is 28.9 Å². The van der Waals surface area contributed by atoms with Crippen molar-refractivity contribution in [1.82, 2.24) is 0 Å². The average molecular weight is 249 g/mol. The number of thiophene rings is 1. The van der Waals surface area contributed by atoms with Gasteiger partial charge in [0.25, 0.3) is 0 Å². The van der Waals surface area contributed by atoms with Crippen LogP contribution in [0.1, 0.15) is 23.6 Å². The van der Waals surface area contributed by atoms with Crippen LogP contribution < -0.4 is 0 Å². The maximum absolute atomic E-state index is 9.56. The molecule has 0 aliphatic carbocycles. The largest absolute Gasteiger partial charge is 0.390 e. The number of hydrogen-bond donors (Lipinski definition) is 1. The first-order valence-corrected chi connectivity index (χ1v) is 5.46. The molecule has 0 bridgehead atoms. The lowest BCUT2D eigenvalue weighted by Crippen LogP contribution is -2.20. The standard InChI is InChI=1S/C9H13BrOS/c1-6-8(10)4-7(12-6)5-9(2,3)11/h4,11H,5H2,1-3H3. The van der Waals surface area contributed by atoms with E-state index < -0.39 is 5.60 Å². The van der Waals surface area contributed by atoms with Gasteiger partial charge in [-0.1, -0.05) is 0 Å². The van der Waals surface area contributed by atoms with Crippen LogP contribution >= 0.6 is 27.3 Å². The molecular weight excluding hydrogens is 236 g/mol. The highest BCUT2D eigenvalue weighted by Gasteiger charge is 2.15. The third kappa shape index (κ3) is 2.88. The molecular formula is C9H13BrOS. The summed E-state index contributed by atoms with van der Waals surface area (Å²) in [4.78, 5) is 2.50. The van der Waals surface area contributed by atoms with E-state index in [0.717, 1.165) is 10.9 Å². The van der Waals surface area contributed by atoms with E-state index >= 15 is 0 Å². The zero-order chi connectivity index (χ0) is 9.35. The first-order valence-electron chi connectivity index (χ1n) is 3.86. The van der Waals surface area contributed by atoms with Crippen LogP contribution in [0.15, 0.2) is 10.5 Å². The van der Waals surface area contributed by atoms with Gasteiger partial charge in [0, 0.05) is 20.6 Å². The highest BCUT2D eigenvalue weighted by atomic mass is 79.9. The first-order chi connectivity index (χ1) is 5.38. The van der Waals surface area contributed by atoms with Gasteiger partial charge in [0.15, 0.2) is 0 Å². The highest BCUT2D eigenvalue weighted by molar-refractivity contribution is 9.10. The van der Waals surface area contributed by atoms with Crippen LogP contribution in [0.4, 0.5) is 0 Å². The summed E-state index contributed by atoms with van der Waals surface area (Å²) in [5.74, 6) is 0. The first kappa shape index (κ1) is 10.2. The minimum atomic E-state index is -0.600. The molecule has 1 nitrogen and oxygen atoms in total. The molecule has 0 saturated carbocycles. The molecule has 0 aliphatic rings. The van der Waals surface area contributed by atoms with Gasteiger partial charge in [0.05, 0.1) is 5.60 Å².